The van der Waals surface area contributed by atoms with E-state index in [-0.39, 0.29) is 10.9 Å². The molecular formula is C9H5F2NO2S. The number of nitrogens with zero attached hydrogens (tertiary/aromatic N) is 1. The number of halogens is 2. The van der Waals surface area contributed by atoms with Gasteiger partial charge >= 0.3 is 10.2 Å². The molecule has 2 aromatic rings. The molecule has 6 heteroatoms. The van der Waals surface area contributed by atoms with Crippen LogP contribution in [0.15, 0.2) is 35.4 Å². The van der Waals surface area contributed by atoms with Gasteiger partial charge in [-0.15, -0.1) is 3.89 Å². The van der Waals surface area contributed by atoms with Gasteiger partial charge in [0.05, 0.1) is 11.7 Å². The van der Waals surface area contributed by atoms with Crippen LogP contribution < -0.4 is 0 Å². The number of benzene rings is 1. The summed E-state index contributed by atoms with van der Waals surface area (Å²) in [5.74, 6) is -1.11. The molecule has 3 nitrogen and oxygen atoms in total. The van der Waals surface area contributed by atoms with Crippen molar-refractivity contribution in [2.45, 2.75) is 4.90 Å². The largest absolute Gasteiger partial charge is 0.336 e. The monoisotopic (exact) mass is 229 g/mol. The number of fused-ring (bicyclic) bond motifs is 1. The van der Waals surface area contributed by atoms with Crippen molar-refractivity contribution in [2.75, 3.05) is 0 Å². The molecule has 15 heavy (non-hydrogen) atoms. The molecular weight excluding hydrogens is 224 g/mol. The SMILES string of the molecule is O=S(=O)(F)c1cnc2ccccc2c1F. The molecule has 0 bridgehead atoms. The molecule has 0 saturated carbocycles. The molecule has 0 aliphatic heterocycles. The minimum absolute atomic E-state index is 0.0174. The Kier molecular flexibility index (Phi) is 2.15. The van der Waals surface area contributed by atoms with Crippen LogP contribution in [0.5, 0.6) is 0 Å². The highest BCUT2D eigenvalue weighted by atomic mass is 32.3. The fourth-order valence-corrected chi connectivity index (χ4v) is 1.76. The van der Waals surface area contributed by atoms with Crippen LogP contribution in [0.3, 0.4) is 0 Å². The van der Waals surface area contributed by atoms with E-state index in [0.717, 1.165) is 0 Å². The molecule has 0 aliphatic rings. The standard InChI is InChI=1S/C9H5F2NO2S/c10-9-6-3-1-2-4-7(6)12-5-8(9)15(11,13)14/h1-5H. The van der Waals surface area contributed by atoms with Gasteiger partial charge in [-0.3, -0.25) is 4.98 Å². The van der Waals surface area contributed by atoms with E-state index in [2.05, 4.69) is 4.98 Å². The Morgan fingerprint density at radius 1 is 1.20 bits per heavy atom. The minimum Gasteiger partial charge on any atom is -0.255 e. The molecule has 1 aromatic heterocycles. The maximum Gasteiger partial charge on any atom is 0.336 e. The van der Waals surface area contributed by atoms with Crippen LogP contribution in [0.2, 0.25) is 0 Å². The van der Waals surface area contributed by atoms with Gasteiger partial charge in [-0.25, -0.2) is 4.39 Å². The summed E-state index contributed by atoms with van der Waals surface area (Å²) in [5, 5.41) is -0.0174. The molecule has 0 radical (unpaired) electrons. The van der Waals surface area contributed by atoms with Crippen molar-refractivity contribution < 1.29 is 16.7 Å². The van der Waals surface area contributed by atoms with Gasteiger partial charge in [0.25, 0.3) is 0 Å². The lowest BCUT2D eigenvalue weighted by Crippen LogP contribution is -1.98. The quantitative estimate of drug-likeness (QED) is 0.703. The first-order chi connectivity index (χ1) is 7.00. The van der Waals surface area contributed by atoms with Gasteiger partial charge in [0, 0.05) is 5.39 Å². The number of pyridine rings is 1. The molecule has 0 unspecified atom stereocenters. The summed E-state index contributed by atoms with van der Waals surface area (Å²) < 4.78 is 47.2. The fourth-order valence-electron chi connectivity index (χ4n) is 1.26. The summed E-state index contributed by atoms with van der Waals surface area (Å²) in [6, 6.07) is 5.99. The zero-order valence-electron chi connectivity index (χ0n) is 7.31. The topological polar surface area (TPSA) is 47.0 Å². The number of hydrogen-bond acceptors (Lipinski definition) is 3. The summed E-state index contributed by atoms with van der Waals surface area (Å²) in [7, 11) is -5.06. The van der Waals surface area contributed by atoms with E-state index in [1.165, 1.54) is 18.2 Å². The van der Waals surface area contributed by atoms with E-state index in [4.69, 9.17) is 0 Å². The molecule has 0 atom stereocenters. The summed E-state index contributed by atoms with van der Waals surface area (Å²) in [6.45, 7) is 0. The second kappa shape index (κ2) is 3.23. The van der Waals surface area contributed by atoms with Crippen LogP contribution in [0, 0.1) is 5.82 Å². The van der Waals surface area contributed by atoms with Gasteiger partial charge in [-0.1, -0.05) is 12.1 Å². The first kappa shape index (κ1) is 9.97. The zero-order valence-corrected chi connectivity index (χ0v) is 8.13. The molecule has 1 aromatic carbocycles. The fraction of sp³-hybridized carbons (Fsp3) is 0. The number of aromatic nitrogens is 1. The van der Waals surface area contributed by atoms with Crippen LogP contribution in [-0.4, -0.2) is 13.4 Å². The molecule has 1 heterocycles. The zero-order chi connectivity index (χ0) is 11.1. The van der Waals surface area contributed by atoms with Crippen LogP contribution in [-0.2, 0) is 10.2 Å². The first-order valence-electron chi connectivity index (χ1n) is 3.98. The lowest BCUT2D eigenvalue weighted by atomic mass is 10.2. The van der Waals surface area contributed by atoms with E-state index >= 15 is 0 Å². The molecule has 0 amide bonds. The molecule has 0 saturated heterocycles. The van der Waals surface area contributed by atoms with E-state index < -0.39 is 20.9 Å². The third-order valence-electron chi connectivity index (χ3n) is 1.94. The second-order valence-electron chi connectivity index (χ2n) is 2.89. The van der Waals surface area contributed by atoms with Crippen molar-refractivity contribution >= 4 is 21.1 Å². The molecule has 2 rings (SSSR count). The van der Waals surface area contributed by atoms with Crippen molar-refractivity contribution in [2.24, 2.45) is 0 Å². The minimum atomic E-state index is -5.06. The third-order valence-corrected chi connectivity index (χ3v) is 2.75. The average Bonchev–Trinajstić information content (AvgIpc) is 2.16. The van der Waals surface area contributed by atoms with E-state index in [9.17, 15) is 16.7 Å². The number of hydrogen-bond donors (Lipinski definition) is 0. The van der Waals surface area contributed by atoms with Crippen molar-refractivity contribution in [1.82, 2.24) is 4.98 Å². The first-order valence-corrected chi connectivity index (χ1v) is 5.36. The average molecular weight is 229 g/mol. The number of para-hydroxylation sites is 1. The van der Waals surface area contributed by atoms with Gasteiger partial charge < -0.3 is 0 Å². The third kappa shape index (κ3) is 1.68. The van der Waals surface area contributed by atoms with Crippen LogP contribution >= 0.6 is 0 Å². The maximum absolute atomic E-state index is 13.5. The normalized spacial score (nSPS) is 11.9. The second-order valence-corrected chi connectivity index (χ2v) is 4.21. The number of rotatable bonds is 1. The summed E-state index contributed by atoms with van der Waals surface area (Å²) >= 11 is 0. The van der Waals surface area contributed by atoms with Gasteiger partial charge in [0.2, 0.25) is 0 Å². The Morgan fingerprint density at radius 3 is 2.53 bits per heavy atom. The van der Waals surface area contributed by atoms with Crippen molar-refractivity contribution in [3.05, 3.63) is 36.3 Å². The molecule has 0 N–H and O–H groups in total. The summed E-state index contributed by atoms with van der Waals surface area (Å²) in [6.07, 6.45) is 0.674. The van der Waals surface area contributed by atoms with Crippen LogP contribution in [0.25, 0.3) is 10.9 Å². The molecule has 0 aliphatic carbocycles. The molecule has 0 fully saturated rings. The highest BCUT2D eigenvalue weighted by molar-refractivity contribution is 7.86. The highest BCUT2D eigenvalue weighted by Crippen LogP contribution is 2.22. The Balaban J connectivity index is 2.88. The Hall–Kier alpha value is -1.56. The lowest BCUT2D eigenvalue weighted by molar-refractivity contribution is 0.535. The Bertz CT molecular complexity index is 625. The van der Waals surface area contributed by atoms with Gasteiger partial charge in [-0.05, 0) is 12.1 Å². The predicted molar refractivity (Wildman–Crippen MR) is 50.0 cm³/mol. The van der Waals surface area contributed by atoms with E-state index in [1.54, 1.807) is 6.07 Å². The summed E-state index contributed by atoms with van der Waals surface area (Å²) in [4.78, 5) is 2.62. The van der Waals surface area contributed by atoms with Gasteiger partial charge in [0.15, 0.2) is 10.7 Å². The highest BCUT2D eigenvalue weighted by Gasteiger charge is 2.20. The van der Waals surface area contributed by atoms with Crippen LogP contribution in [0.4, 0.5) is 8.28 Å². The Morgan fingerprint density at radius 2 is 1.87 bits per heavy atom. The molecule has 0 spiro atoms. The van der Waals surface area contributed by atoms with Crippen LogP contribution in [0.1, 0.15) is 0 Å². The predicted octanol–water partition coefficient (Wildman–Crippen LogP) is 2.03. The van der Waals surface area contributed by atoms with Crippen molar-refractivity contribution in [1.29, 1.82) is 0 Å². The lowest BCUT2D eigenvalue weighted by Gasteiger charge is -2.01. The van der Waals surface area contributed by atoms with Gasteiger partial charge in [0.1, 0.15) is 0 Å². The Labute approximate surface area is 84.6 Å². The maximum atomic E-state index is 13.5. The van der Waals surface area contributed by atoms with Crippen molar-refractivity contribution in [3.63, 3.8) is 0 Å². The van der Waals surface area contributed by atoms with Crippen molar-refractivity contribution in [3.8, 4) is 0 Å². The van der Waals surface area contributed by atoms with Gasteiger partial charge in [-0.2, -0.15) is 8.42 Å². The smallest absolute Gasteiger partial charge is 0.255 e. The summed E-state index contributed by atoms with van der Waals surface area (Å²) in [5.41, 5.74) is 0.280. The molecule has 78 valence electrons. The van der Waals surface area contributed by atoms with E-state index in [1.807, 2.05) is 0 Å². The van der Waals surface area contributed by atoms with E-state index in [0.29, 0.717) is 6.20 Å².